The van der Waals surface area contributed by atoms with Gasteiger partial charge in [0, 0.05) is 23.4 Å². The summed E-state index contributed by atoms with van der Waals surface area (Å²) in [5, 5.41) is 6.64. The number of methoxy groups -OCH3 is 1. The van der Waals surface area contributed by atoms with Crippen LogP contribution in [-0.4, -0.2) is 60.8 Å². The van der Waals surface area contributed by atoms with Crippen molar-refractivity contribution in [3.8, 4) is 11.5 Å². The molecule has 2 aliphatic rings. The van der Waals surface area contributed by atoms with Gasteiger partial charge in [0.2, 0.25) is 0 Å². The normalized spacial score (nSPS) is 20.6. The van der Waals surface area contributed by atoms with Crippen molar-refractivity contribution in [2.45, 2.75) is 31.2 Å². The molecule has 178 valence electrons. The minimum absolute atomic E-state index is 0.129. The Bertz CT molecular complexity index is 1150. The molecule has 34 heavy (non-hydrogen) atoms. The maximum atomic E-state index is 12.7. The highest BCUT2D eigenvalue weighted by atomic mass is 16.5. The lowest BCUT2D eigenvalue weighted by Crippen LogP contribution is -2.32. The van der Waals surface area contributed by atoms with Crippen LogP contribution in [0.5, 0.6) is 11.5 Å². The van der Waals surface area contributed by atoms with Crippen LogP contribution < -0.4 is 20.1 Å². The number of fused-ring (bicyclic) bond motifs is 1. The molecule has 8 nitrogen and oxygen atoms in total. The molecule has 1 aromatic heterocycles. The fourth-order valence-electron chi connectivity index (χ4n) is 4.61. The van der Waals surface area contributed by atoms with Crippen LogP contribution in [-0.2, 0) is 0 Å². The van der Waals surface area contributed by atoms with E-state index in [1.807, 2.05) is 30.3 Å². The molecule has 2 aromatic carbocycles. The van der Waals surface area contributed by atoms with E-state index in [9.17, 15) is 4.79 Å². The van der Waals surface area contributed by atoms with E-state index in [1.54, 1.807) is 7.11 Å². The second-order valence-electron chi connectivity index (χ2n) is 9.26. The Morgan fingerprint density at radius 2 is 1.91 bits per heavy atom. The number of carbonyl (C=O) groups excluding carboxylic acids is 1. The summed E-state index contributed by atoms with van der Waals surface area (Å²) in [6, 6.07) is 13.8. The van der Waals surface area contributed by atoms with E-state index in [0.29, 0.717) is 46.7 Å². The van der Waals surface area contributed by atoms with E-state index in [0.717, 1.165) is 32.4 Å². The molecule has 2 atom stereocenters. The number of nitrogens with one attached hydrogen (secondary N) is 2. The Balaban J connectivity index is 1.25. The molecule has 1 aliphatic heterocycles. The van der Waals surface area contributed by atoms with E-state index in [-0.39, 0.29) is 12.1 Å². The standard InChI is InChI=1S/C26H31N5O3/c1-31-10-8-17(9-11-31)15-34-24-14-21-20(13-23(24)33-2)25(28-16-27-21)30-26(32)29-22-12-19(22)18-6-4-3-5-7-18/h3-7,13-14,16-17,19,22H,8-12,15H2,1-2H3,(H2,27,28,29,30,32). The summed E-state index contributed by atoms with van der Waals surface area (Å²) in [7, 11) is 3.77. The van der Waals surface area contributed by atoms with Crippen LogP contribution in [0.3, 0.4) is 0 Å². The van der Waals surface area contributed by atoms with Gasteiger partial charge < -0.3 is 19.7 Å². The summed E-state index contributed by atoms with van der Waals surface area (Å²) in [6.07, 6.45) is 4.65. The smallest absolute Gasteiger partial charge is 0.320 e. The molecular formula is C26H31N5O3. The van der Waals surface area contributed by atoms with Crippen molar-refractivity contribution in [1.29, 1.82) is 0 Å². The number of carbonyl (C=O) groups is 1. The fourth-order valence-corrected chi connectivity index (χ4v) is 4.61. The zero-order valence-corrected chi connectivity index (χ0v) is 19.7. The molecular weight excluding hydrogens is 430 g/mol. The van der Waals surface area contributed by atoms with Crippen LogP contribution in [0.1, 0.15) is 30.7 Å². The highest BCUT2D eigenvalue weighted by molar-refractivity contribution is 5.99. The molecule has 0 spiro atoms. The zero-order valence-electron chi connectivity index (χ0n) is 19.7. The van der Waals surface area contributed by atoms with E-state index >= 15 is 0 Å². The van der Waals surface area contributed by atoms with Crippen molar-refractivity contribution < 1.29 is 14.3 Å². The molecule has 2 amide bonds. The van der Waals surface area contributed by atoms with Gasteiger partial charge in [0.25, 0.3) is 0 Å². The molecule has 2 fully saturated rings. The van der Waals surface area contributed by atoms with Gasteiger partial charge in [0.05, 0.1) is 19.2 Å². The number of urea groups is 1. The summed E-state index contributed by atoms with van der Waals surface area (Å²) in [5.74, 6) is 2.60. The van der Waals surface area contributed by atoms with Crippen LogP contribution in [0.2, 0.25) is 0 Å². The highest BCUT2D eigenvalue weighted by Crippen LogP contribution is 2.40. The number of aromatic nitrogens is 2. The predicted octanol–water partition coefficient (Wildman–Crippen LogP) is 4.04. The number of benzene rings is 2. The molecule has 2 N–H and O–H groups in total. The Morgan fingerprint density at radius 1 is 1.12 bits per heavy atom. The van der Waals surface area contributed by atoms with Crippen molar-refractivity contribution in [2.24, 2.45) is 5.92 Å². The number of rotatable bonds is 7. The minimum Gasteiger partial charge on any atom is -0.493 e. The molecule has 2 heterocycles. The van der Waals surface area contributed by atoms with Gasteiger partial charge in [-0.25, -0.2) is 14.8 Å². The first-order valence-corrected chi connectivity index (χ1v) is 11.9. The van der Waals surface area contributed by atoms with Crippen LogP contribution in [0.4, 0.5) is 10.6 Å². The summed E-state index contributed by atoms with van der Waals surface area (Å²) in [6.45, 7) is 2.85. The third-order valence-corrected chi connectivity index (χ3v) is 6.80. The predicted molar refractivity (Wildman–Crippen MR) is 132 cm³/mol. The average Bonchev–Trinajstić information content (AvgIpc) is 3.62. The van der Waals surface area contributed by atoms with Gasteiger partial charge in [0.1, 0.15) is 12.1 Å². The second-order valence-corrected chi connectivity index (χ2v) is 9.26. The van der Waals surface area contributed by atoms with Crippen LogP contribution >= 0.6 is 0 Å². The third kappa shape index (κ3) is 5.07. The number of hydrogen-bond donors (Lipinski definition) is 2. The number of piperidine rings is 1. The maximum Gasteiger partial charge on any atom is 0.320 e. The lowest BCUT2D eigenvalue weighted by molar-refractivity contribution is 0.157. The lowest BCUT2D eigenvalue weighted by atomic mass is 9.98. The van der Waals surface area contributed by atoms with Crippen LogP contribution in [0.15, 0.2) is 48.8 Å². The topological polar surface area (TPSA) is 88.6 Å². The van der Waals surface area contributed by atoms with Crippen LogP contribution in [0, 0.1) is 5.92 Å². The molecule has 3 aromatic rings. The van der Waals surface area contributed by atoms with Gasteiger partial charge in [-0.1, -0.05) is 30.3 Å². The van der Waals surface area contributed by atoms with Crippen molar-refractivity contribution in [2.75, 3.05) is 39.2 Å². The van der Waals surface area contributed by atoms with Gasteiger partial charge in [-0.3, -0.25) is 5.32 Å². The number of anilines is 1. The van der Waals surface area contributed by atoms with Gasteiger partial charge in [-0.15, -0.1) is 0 Å². The molecule has 1 saturated carbocycles. The molecule has 0 radical (unpaired) electrons. The number of nitrogens with zero attached hydrogens (tertiary/aromatic N) is 3. The van der Waals surface area contributed by atoms with Gasteiger partial charge in [-0.2, -0.15) is 0 Å². The minimum atomic E-state index is -0.273. The molecule has 1 saturated heterocycles. The molecule has 2 unspecified atom stereocenters. The van der Waals surface area contributed by atoms with Gasteiger partial charge in [-0.05, 0) is 56.9 Å². The average molecular weight is 462 g/mol. The first-order valence-electron chi connectivity index (χ1n) is 11.9. The van der Waals surface area contributed by atoms with E-state index in [2.05, 4.69) is 44.7 Å². The van der Waals surface area contributed by atoms with E-state index in [1.165, 1.54) is 11.9 Å². The van der Waals surface area contributed by atoms with E-state index in [4.69, 9.17) is 9.47 Å². The zero-order chi connectivity index (χ0) is 23.5. The summed E-state index contributed by atoms with van der Waals surface area (Å²) < 4.78 is 11.7. The maximum absolute atomic E-state index is 12.7. The van der Waals surface area contributed by atoms with Crippen LogP contribution in [0.25, 0.3) is 10.9 Å². The highest BCUT2D eigenvalue weighted by Gasteiger charge is 2.39. The monoisotopic (exact) mass is 461 g/mol. The molecule has 8 heteroatoms. The first-order chi connectivity index (χ1) is 16.6. The van der Waals surface area contributed by atoms with E-state index < -0.39 is 0 Å². The number of likely N-dealkylation sites (tertiary alicyclic amines) is 1. The molecule has 1 aliphatic carbocycles. The van der Waals surface area contributed by atoms with Crippen molar-refractivity contribution in [1.82, 2.24) is 20.2 Å². The SMILES string of the molecule is COc1cc2c(NC(=O)NC3CC3c3ccccc3)ncnc2cc1OCC1CCN(C)CC1. The Labute approximate surface area is 199 Å². The number of amides is 2. The largest absolute Gasteiger partial charge is 0.493 e. The fraction of sp³-hybridized carbons (Fsp3) is 0.423. The lowest BCUT2D eigenvalue weighted by Gasteiger charge is -2.28. The Hall–Kier alpha value is -3.39. The Kier molecular flexibility index (Phi) is 6.49. The quantitative estimate of drug-likeness (QED) is 0.552. The van der Waals surface area contributed by atoms with Crippen molar-refractivity contribution >= 4 is 22.8 Å². The number of hydrogen-bond acceptors (Lipinski definition) is 6. The number of ether oxygens (including phenoxy) is 2. The van der Waals surface area contributed by atoms with Gasteiger partial charge >= 0.3 is 6.03 Å². The van der Waals surface area contributed by atoms with Crippen molar-refractivity contribution in [3.63, 3.8) is 0 Å². The third-order valence-electron chi connectivity index (χ3n) is 6.80. The molecule has 5 rings (SSSR count). The second kappa shape index (κ2) is 9.85. The first kappa shape index (κ1) is 22.4. The van der Waals surface area contributed by atoms with Crippen molar-refractivity contribution in [3.05, 3.63) is 54.4 Å². The van der Waals surface area contributed by atoms with Gasteiger partial charge in [0.15, 0.2) is 11.5 Å². The summed E-state index contributed by atoms with van der Waals surface area (Å²) in [5.41, 5.74) is 1.94. The summed E-state index contributed by atoms with van der Waals surface area (Å²) >= 11 is 0. The Morgan fingerprint density at radius 3 is 2.68 bits per heavy atom. The summed E-state index contributed by atoms with van der Waals surface area (Å²) in [4.78, 5) is 23.7. The molecule has 0 bridgehead atoms.